The smallest absolute Gasteiger partial charge is 0.241 e. The molecule has 1 aliphatic heterocycles. The van der Waals surface area contributed by atoms with Crippen molar-refractivity contribution in [2.45, 2.75) is 39.2 Å². The molecule has 2 aromatic rings. The van der Waals surface area contributed by atoms with Crippen LogP contribution in [0.4, 0.5) is 5.95 Å². The van der Waals surface area contributed by atoms with Crippen LogP contribution in [-0.2, 0) is 11.2 Å². The first kappa shape index (κ1) is 16.0. The monoisotopic (exact) mass is 333 g/mol. The van der Waals surface area contributed by atoms with E-state index in [2.05, 4.69) is 35.3 Å². The van der Waals surface area contributed by atoms with Crippen molar-refractivity contribution < 1.29 is 4.74 Å². The fourth-order valence-corrected chi connectivity index (χ4v) is 3.13. The Labute approximate surface area is 140 Å². The predicted octanol–water partition coefficient (Wildman–Crippen LogP) is 3.04. The highest BCUT2D eigenvalue weighted by molar-refractivity contribution is 6.35. The zero-order chi connectivity index (χ0) is 16.4. The Hall–Kier alpha value is -1.84. The van der Waals surface area contributed by atoms with Gasteiger partial charge in [0, 0.05) is 19.3 Å². The van der Waals surface area contributed by atoms with Crippen LogP contribution < -0.4 is 5.32 Å². The summed E-state index contributed by atoms with van der Waals surface area (Å²) in [5.41, 5.74) is 2.02. The van der Waals surface area contributed by atoms with Crippen molar-refractivity contribution >= 4 is 23.1 Å². The summed E-state index contributed by atoms with van der Waals surface area (Å²) >= 11 is 6.33. The molecule has 0 saturated carbocycles. The highest BCUT2D eigenvalue weighted by Gasteiger charge is 2.20. The SMILES string of the molecule is CC(C)Cc1c(C#N)c(Cl)c2cnc(NC3CCOCC3)nn12. The van der Waals surface area contributed by atoms with Crippen molar-refractivity contribution in [3.63, 3.8) is 0 Å². The molecule has 1 N–H and O–H groups in total. The van der Waals surface area contributed by atoms with Crippen molar-refractivity contribution in [3.8, 4) is 6.07 Å². The van der Waals surface area contributed by atoms with E-state index in [0.717, 1.165) is 38.2 Å². The summed E-state index contributed by atoms with van der Waals surface area (Å²) in [4.78, 5) is 4.35. The van der Waals surface area contributed by atoms with Crippen LogP contribution in [0, 0.1) is 17.2 Å². The molecular formula is C16H20ClN5O. The molecule has 0 aromatic carbocycles. The Morgan fingerprint density at radius 2 is 2.22 bits per heavy atom. The highest BCUT2D eigenvalue weighted by Crippen LogP contribution is 2.29. The second kappa shape index (κ2) is 6.73. The molecule has 0 spiro atoms. The summed E-state index contributed by atoms with van der Waals surface area (Å²) in [6.07, 6.45) is 4.30. The van der Waals surface area contributed by atoms with Gasteiger partial charge in [-0.3, -0.25) is 0 Å². The molecule has 3 rings (SSSR count). The van der Waals surface area contributed by atoms with Gasteiger partial charge in [-0.1, -0.05) is 25.4 Å². The Morgan fingerprint density at radius 3 is 2.87 bits per heavy atom. The van der Waals surface area contributed by atoms with E-state index < -0.39 is 0 Å². The van der Waals surface area contributed by atoms with Crippen molar-refractivity contribution in [3.05, 3.63) is 22.5 Å². The van der Waals surface area contributed by atoms with Gasteiger partial charge in [-0.15, -0.1) is 5.10 Å². The first-order valence-electron chi connectivity index (χ1n) is 7.90. The van der Waals surface area contributed by atoms with Gasteiger partial charge in [-0.25, -0.2) is 9.50 Å². The Morgan fingerprint density at radius 1 is 1.48 bits per heavy atom. The van der Waals surface area contributed by atoms with Crippen LogP contribution in [0.3, 0.4) is 0 Å². The van der Waals surface area contributed by atoms with Gasteiger partial charge in [0.25, 0.3) is 0 Å². The molecule has 0 bridgehead atoms. The van der Waals surface area contributed by atoms with Crippen molar-refractivity contribution in [1.82, 2.24) is 14.6 Å². The largest absolute Gasteiger partial charge is 0.381 e. The van der Waals surface area contributed by atoms with E-state index in [0.29, 0.717) is 34.0 Å². The molecule has 0 aliphatic carbocycles. The van der Waals surface area contributed by atoms with Crippen molar-refractivity contribution in [2.24, 2.45) is 5.92 Å². The van der Waals surface area contributed by atoms with Crippen LogP contribution in [0.5, 0.6) is 0 Å². The minimum Gasteiger partial charge on any atom is -0.381 e. The van der Waals surface area contributed by atoms with Crippen LogP contribution in [0.2, 0.25) is 5.02 Å². The molecule has 0 atom stereocenters. The number of nitriles is 1. The lowest BCUT2D eigenvalue weighted by Crippen LogP contribution is -2.29. The van der Waals surface area contributed by atoms with E-state index in [1.807, 2.05) is 0 Å². The number of anilines is 1. The number of ether oxygens (including phenoxy) is 1. The summed E-state index contributed by atoms with van der Waals surface area (Å²) in [6.45, 7) is 5.73. The predicted molar refractivity (Wildman–Crippen MR) is 88.7 cm³/mol. The normalized spacial score (nSPS) is 16.0. The minimum absolute atomic E-state index is 0.316. The quantitative estimate of drug-likeness (QED) is 0.930. The van der Waals surface area contributed by atoms with Crippen LogP contribution in [0.25, 0.3) is 5.52 Å². The molecule has 3 heterocycles. The standard InChI is InChI=1S/C16H20ClN5O/c1-10(2)7-13-12(8-18)15(17)14-9-19-16(21-22(13)14)20-11-3-5-23-6-4-11/h9-11H,3-7H2,1-2H3,(H,20,21). The maximum atomic E-state index is 9.42. The zero-order valence-corrected chi connectivity index (χ0v) is 14.1. The van der Waals surface area contributed by atoms with Gasteiger partial charge < -0.3 is 10.1 Å². The number of rotatable bonds is 4. The van der Waals surface area contributed by atoms with E-state index in [4.69, 9.17) is 16.3 Å². The molecule has 1 aliphatic rings. The summed E-state index contributed by atoms with van der Waals surface area (Å²) < 4.78 is 7.12. The fourth-order valence-electron chi connectivity index (χ4n) is 2.85. The number of nitrogens with zero attached hydrogens (tertiary/aromatic N) is 4. The molecule has 1 saturated heterocycles. The van der Waals surface area contributed by atoms with Gasteiger partial charge in [-0.05, 0) is 25.2 Å². The number of fused-ring (bicyclic) bond motifs is 1. The molecular weight excluding hydrogens is 314 g/mol. The van der Waals surface area contributed by atoms with E-state index in [9.17, 15) is 5.26 Å². The average molecular weight is 334 g/mol. The van der Waals surface area contributed by atoms with Crippen molar-refractivity contribution in [1.29, 1.82) is 5.26 Å². The highest BCUT2D eigenvalue weighted by atomic mass is 35.5. The average Bonchev–Trinajstić information content (AvgIpc) is 2.79. The van der Waals surface area contributed by atoms with Gasteiger partial charge in [0.05, 0.1) is 22.5 Å². The number of nitrogens with one attached hydrogen (secondary N) is 1. The molecule has 7 heteroatoms. The molecule has 0 unspecified atom stereocenters. The van der Waals surface area contributed by atoms with Gasteiger partial charge in [-0.2, -0.15) is 5.26 Å². The van der Waals surface area contributed by atoms with Crippen LogP contribution in [0.15, 0.2) is 6.20 Å². The summed E-state index contributed by atoms with van der Waals surface area (Å²) in [6, 6.07) is 2.52. The third-order valence-electron chi connectivity index (χ3n) is 3.99. The first-order chi connectivity index (χ1) is 11.1. The number of aromatic nitrogens is 3. The topological polar surface area (TPSA) is 75.2 Å². The summed E-state index contributed by atoms with van der Waals surface area (Å²) in [7, 11) is 0. The lowest BCUT2D eigenvalue weighted by Gasteiger charge is -2.23. The number of hydrogen-bond acceptors (Lipinski definition) is 5. The molecule has 2 aromatic heterocycles. The third kappa shape index (κ3) is 3.26. The van der Waals surface area contributed by atoms with Crippen LogP contribution >= 0.6 is 11.6 Å². The maximum Gasteiger partial charge on any atom is 0.241 e. The Kier molecular flexibility index (Phi) is 4.69. The number of halogens is 1. The minimum atomic E-state index is 0.316. The molecule has 1 fully saturated rings. The molecule has 0 amide bonds. The molecule has 23 heavy (non-hydrogen) atoms. The van der Waals surface area contributed by atoms with Gasteiger partial charge in [0.1, 0.15) is 11.6 Å². The van der Waals surface area contributed by atoms with Gasteiger partial charge in [0.2, 0.25) is 5.95 Å². The maximum absolute atomic E-state index is 9.42. The van der Waals surface area contributed by atoms with E-state index in [-0.39, 0.29) is 0 Å². The Bertz CT molecular complexity index is 743. The number of hydrogen-bond donors (Lipinski definition) is 1. The first-order valence-corrected chi connectivity index (χ1v) is 8.28. The fraction of sp³-hybridized carbons (Fsp3) is 0.562. The summed E-state index contributed by atoms with van der Waals surface area (Å²) in [5.74, 6) is 0.962. The van der Waals surface area contributed by atoms with E-state index >= 15 is 0 Å². The lowest BCUT2D eigenvalue weighted by molar-refractivity contribution is 0.0903. The van der Waals surface area contributed by atoms with Gasteiger partial charge in [0.15, 0.2) is 0 Å². The van der Waals surface area contributed by atoms with Crippen LogP contribution in [0.1, 0.15) is 37.9 Å². The second-order valence-electron chi connectivity index (χ2n) is 6.26. The van der Waals surface area contributed by atoms with Crippen LogP contribution in [-0.4, -0.2) is 33.9 Å². The lowest BCUT2D eigenvalue weighted by atomic mass is 10.1. The second-order valence-corrected chi connectivity index (χ2v) is 6.63. The Balaban J connectivity index is 1.98. The van der Waals surface area contributed by atoms with E-state index in [1.54, 1.807) is 10.7 Å². The molecule has 122 valence electrons. The van der Waals surface area contributed by atoms with Crippen molar-refractivity contribution in [2.75, 3.05) is 18.5 Å². The zero-order valence-electron chi connectivity index (χ0n) is 13.3. The summed E-state index contributed by atoms with van der Waals surface area (Å²) in [5, 5.41) is 17.8. The third-order valence-corrected chi connectivity index (χ3v) is 4.37. The molecule has 6 nitrogen and oxygen atoms in total. The molecule has 0 radical (unpaired) electrons. The van der Waals surface area contributed by atoms with Gasteiger partial charge >= 0.3 is 0 Å². The van der Waals surface area contributed by atoms with E-state index in [1.165, 1.54) is 0 Å².